The minimum Gasteiger partial charge on any atom is -0.379 e. The van der Waals surface area contributed by atoms with Crippen LogP contribution in [0.5, 0.6) is 5.75 Å². The molecule has 0 fully saturated rings. The molecule has 0 heterocycles. The number of benzene rings is 3. The van der Waals surface area contributed by atoms with Crippen molar-refractivity contribution < 1.29 is 17.4 Å². The van der Waals surface area contributed by atoms with E-state index in [0.717, 1.165) is 0 Å². The molecule has 3 aromatic rings. The third-order valence-corrected chi connectivity index (χ3v) is 4.62. The van der Waals surface area contributed by atoms with E-state index in [-0.39, 0.29) is 10.6 Å². The van der Waals surface area contributed by atoms with Crippen molar-refractivity contribution in [3.63, 3.8) is 0 Å². The maximum absolute atomic E-state index is 12.3. The number of hydrogen-bond donors (Lipinski definition) is 2. The molecule has 0 bridgehead atoms. The second-order valence-corrected chi connectivity index (χ2v) is 6.87. The lowest BCUT2D eigenvalue weighted by Gasteiger charge is -2.10. The monoisotopic (exact) mass is 368 g/mol. The van der Waals surface area contributed by atoms with Gasteiger partial charge in [0.2, 0.25) is 0 Å². The minimum absolute atomic E-state index is 0.0557. The summed E-state index contributed by atoms with van der Waals surface area (Å²) < 4.78 is 29.6. The van der Waals surface area contributed by atoms with Crippen LogP contribution in [0.15, 0.2) is 89.8 Å². The van der Waals surface area contributed by atoms with Crippen LogP contribution in [-0.2, 0) is 10.1 Å². The maximum atomic E-state index is 12.3. The Morgan fingerprint density at radius 1 is 0.731 bits per heavy atom. The van der Waals surface area contributed by atoms with Crippen LogP contribution in [0.4, 0.5) is 16.2 Å². The van der Waals surface area contributed by atoms with Crippen molar-refractivity contribution in [1.29, 1.82) is 0 Å². The van der Waals surface area contributed by atoms with Gasteiger partial charge in [-0.25, -0.2) is 4.79 Å². The van der Waals surface area contributed by atoms with Gasteiger partial charge in [0, 0.05) is 17.4 Å². The lowest BCUT2D eigenvalue weighted by molar-refractivity contribution is 0.262. The Hall–Kier alpha value is -3.32. The molecule has 0 aliphatic heterocycles. The molecule has 0 unspecified atom stereocenters. The summed E-state index contributed by atoms with van der Waals surface area (Å²) in [6.45, 7) is 0. The Labute approximate surface area is 151 Å². The van der Waals surface area contributed by atoms with Crippen molar-refractivity contribution >= 4 is 27.5 Å². The number of carbonyl (C=O) groups excluding carboxylic acids is 1. The van der Waals surface area contributed by atoms with Crippen LogP contribution in [0.1, 0.15) is 0 Å². The molecule has 3 rings (SSSR count). The Kier molecular flexibility index (Phi) is 5.19. The molecule has 0 saturated carbocycles. The van der Waals surface area contributed by atoms with Crippen LogP contribution in [0, 0.1) is 0 Å². The predicted molar refractivity (Wildman–Crippen MR) is 99.8 cm³/mol. The first-order valence-electron chi connectivity index (χ1n) is 7.76. The number of hydrogen-bond acceptors (Lipinski definition) is 4. The fourth-order valence-electron chi connectivity index (χ4n) is 2.20. The minimum atomic E-state index is -3.94. The number of urea groups is 1. The molecule has 0 aliphatic rings. The van der Waals surface area contributed by atoms with E-state index in [2.05, 4.69) is 10.6 Å². The van der Waals surface area contributed by atoms with Crippen LogP contribution >= 0.6 is 0 Å². The first-order chi connectivity index (χ1) is 12.5. The van der Waals surface area contributed by atoms with E-state index in [0.29, 0.717) is 11.4 Å². The van der Waals surface area contributed by atoms with Crippen LogP contribution in [0.2, 0.25) is 0 Å². The summed E-state index contributed by atoms with van der Waals surface area (Å²) in [6.07, 6.45) is 0. The van der Waals surface area contributed by atoms with E-state index in [1.165, 1.54) is 24.3 Å². The van der Waals surface area contributed by atoms with Gasteiger partial charge in [0.15, 0.2) is 0 Å². The molecule has 6 nitrogen and oxygen atoms in total. The van der Waals surface area contributed by atoms with Crippen LogP contribution < -0.4 is 14.8 Å². The van der Waals surface area contributed by atoms with Crippen molar-refractivity contribution in [3.8, 4) is 5.75 Å². The van der Waals surface area contributed by atoms with Gasteiger partial charge < -0.3 is 14.8 Å². The number of rotatable bonds is 5. The number of amides is 2. The number of nitrogens with one attached hydrogen (secondary N) is 2. The van der Waals surface area contributed by atoms with Crippen molar-refractivity contribution in [2.75, 3.05) is 10.6 Å². The summed E-state index contributed by atoms with van der Waals surface area (Å²) in [5.41, 5.74) is 1.04. The third-order valence-electron chi connectivity index (χ3n) is 3.36. The average Bonchev–Trinajstić information content (AvgIpc) is 2.63. The standard InChI is InChI=1S/C19H16N2O4S/c22-19(20-15-8-3-1-4-9-15)21-16-10-7-11-17(14-16)25-26(23,24)18-12-5-2-6-13-18/h1-14H,(H2,20,21,22). The first-order valence-corrected chi connectivity index (χ1v) is 9.16. The zero-order valence-electron chi connectivity index (χ0n) is 13.6. The molecule has 2 N–H and O–H groups in total. The number of anilines is 2. The topological polar surface area (TPSA) is 84.5 Å². The molecule has 0 spiro atoms. The molecular formula is C19H16N2O4S. The van der Waals surface area contributed by atoms with E-state index in [9.17, 15) is 13.2 Å². The highest BCUT2D eigenvalue weighted by Gasteiger charge is 2.16. The smallest absolute Gasteiger partial charge is 0.339 e. The molecule has 0 atom stereocenters. The zero-order chi connectivity index (χ0) is 18.4. The molecule has 0 aromatic heterocycles. The van der Waals surface area contributed by atoms with Gasteiger partial charge in [-0.2, -0.15) is 8.42 Å². The Morgan fingerprint density at radius 3 is 2.00 bits per heavy atom. The summed E-state index contributed by atoms with van der Waals surface area (Å²) in [7, 11) is -3.94. The van der Waals surface area contributed by atoms with Gasteiger partial charge in [-0.15, -0.1) is 0 Å². The lowest BCUT2D eigenvalue weighted by Crippen LogP contribution is -2.19. The molecule has 26 heavy (non-hydrogen) atoms. The largest absolute Gasteiger partial charge is 0.379 e. The highest BCUT2D eigenvalue weighted by molar-refractivity contribution is 7.87. The Bertz CT molecular complexity index is 990. The zero-order valence-corrected chi connectivity index (χ0v) is 14.4. The van der Waals surface area contributed by atoms with Gasteiger partial charge in [-0.05, 0) is 36.4 Å². The maximum Gasteiger partial charge on any atom is 0.339 e. The van der Waals surface area contributed by atoms with Gasteiger partial charge >= 0.3 is 16.1 Å². The summed E-state index contributed by atoms with van der Waals surface area (Å²) in [6, 6.07) is 22.5. The van der Waals surface area contributed by atoms with Crippen molar-refractivity contribution in [3.05, 3.63) is 84.9 Å². The van der Waals surface area contributed by atoms with Crippen molar-refractivity contribution in [2.45, 2.75) is 4.90 Å². The molecule has 2 amide bonds. The molecule has 0 saturated heterocycles. The van der Waals surface area contributed by atoms with E-state index in [4.69, 9.17) is 4.18 Å². The summed E-state index contributed by atoms with van der Waals surface area (Å²) in [4.78, 5) is 12.1. The van der Waals surface area contributed by atoms with E-state index in [1.807, 2.05) is 6.07 Å². The molecule has 0 radical (unpaired) electrons. The Balaban J connectivity index is 1.69. The highest BCUT2D eigenvalue weighted by Crippen LogP contribution is 2.22. The van der Waals surface area contributed by atoms with Crippen LogP contribution in [0.25, 0.3) is 0 Å². The predicted octanol–water partition coefficient (Wildman–Crippen LogP) is 4.10. The molecular weight excluding hydrogens is 352 g/mol. The summed E-state index contributed by atoms with van der Waals surface area (Å²) in [5, 5.41) is 5.31. The highest BCUT2D eigenvalue weighted by atomic mass is 32.2. The quantitative estimate of drug-likeness (QED) is 0.664. The number of para-hydroxylation sites is 1. The van der Waals surface area contributed by atoms with E-state index >= 15 is 0 Å². The van der Waals surface area contributed by atoms with E-state index in [1.54, 1.807) is 54.6 Å². The fraction of sp³-hybridized carbons (Fsp3) is 0. The second-order valence-electron chi connectivity index (χ2n) is 5.32. The van der Waals surface area contributed by atoms with Gasteiger partial charge in [-0.3, -0.25) is 0 Å². The second kappa shape index (κ2) is 7.71. The van der Waals surface area contributed by atoms with Crippen molar-refractivity contribution in [1.82, 2.24) is 0 Å². The normalized spacial score (nSPS) is 10.8. The van der Waals surface area contributed by atoms with Gasteiger partial charge in [-0.1, -0.05) is 42.5 Å². The number of carbonyl (C=O) groups is 1. The van der Waals surface area contributed by atoms with Gasteiger partial charge in [0.1, 0.15) is 10.6 Å². The molecule has 0 aliphatic carbocycles. The molecule has 132 valence electrons. The summed E-state index contributed by atoms with van der Waals surface area (Å²) in [5.74, 6) is 0.103. The Morgan fingerprint density at radius 2 is 1.31 bits per heavy atom. The first kappa shape index (κ1) is 17.5. The van der Waals surface area contributed by atoms with Crippen LogP contribution in [-0.4, -0.2) is 14.4 Å². The molecule has 3 aromatic carbocycles. The lowest BCUT2D eigenvalue weighted by atomic mass is 10.3. The van der Waals surface area contributed by atoms with Gasteiger partial charge in [0.05, 0.1) is 0 Å². The van der Waals surface area contributed by atoms with Crippen LogP contribution in [0.3, 0.4) is 0 Å². The fourth-order valence-corrected chi connectivity index (χ4v) is 3.15. The van der Waals surface area contributed by atoms with E-state index < -0.39 is 16.1 Å². The SMILES string of the molecule is O=C(Nc1ccccc1)Nc1cccc(OS(=O)(=O)c2ccccc2)c1. The molecule has 7 heteroatoms. The van der Waals surface area contributed by atoms with Gasteiger partial charge in [0.25, 0.3) is 0 Å². The summed E-state index contributed by atoms with van der Waals surface area (Å²) >= 11 is 0. The third kappa shape index (κ3) is 4.61. The van der Waals surface area contributed by atoms with Crippen molar-refractivity contribution in [2.24, 2.45) is 0 Å². The average molecular weight is 368 g/mol.